The number of benzene rings is 1. The molecule has 1 saturated heterocycles. The average molecular weight is 340 g/mol. The number of aliphatic hydroxyl groups excluding tert-OH is 1. The highest BCUT2D eigenvalue weighted by atomic mass is 16.3. The van der Waals surface area contributed by atoms with Crippen LogP contribution in [0.3, 0.4) is 0 Å². The zero-order chi connectivity index (χ0) is 17.2. The molecule has 1 aromatic carbocycles. The van der Waals surface area contributed by atoms with Gasteiger partial charge in [-0.2, -0.15) is 15.4 Å². The van der Waals surface area contributed by atoms with Crippen molar-refractivity contribution in [1.29, 1.82) is 0 Å². The molecule has 2 aliphatic rings. The quantitative estimate of drug-likeness (QED) is 0.900. The standard InChI is InChI=1S/C19H24N4O2/c24-16-11-5-4-9-14(16)15-10-6-12-23(15)19(25)18-17(20-22-21-18)13-7-2-1-3-8-13/h1-3,7-8,14-16,24H,4-6,9-12H2,(H,20,21,22)/t14-,15+,16+/m0/s1. The van der Waals surface area contributed by atoms with Gasteiger partial charge in [0.1, 0.15) is 5.69 Å². The SMILES string of the molecule is O=C(c1n[nH]nc1-c1ccccc1)N1CCC[C@@H]1[C@@H]1CCCC[C@H]1O. The van der Waals surface area contributed by atoms with E-state index in [0.717, 1.165) is 50.6 Å². The molecule has 2 N–H and O–H groups in total. The lowest BCUT2D eigenvalue weighted by molar-refractivity contribution is 0.0209. The van der Waals surface area contributed by atoms with E-state index in [-0.39, 0.29) is 24.0 Å². The van der Waals surface area contributed by atoms with Crippen molar-refractivity contribution >= 4 is 5.91 Å². The van der Waals surface area contributed by atoms with Gasteiger partial charge in [-0.15, -0.1) is 0 Å². The number of nitrogens with zero attached hydrogens (tertiary/aromatic N) is 3. The van der Waals surface area contributed by atoms with Crippen molar-refractivity contribution in [3.8, 4) is 11.3 Å². The monoisotopic (exact) mass is 340 g/mol. The summed E-state index contributed by atoms with van der Waals surface area (Å²) < 4.78 is 0. The van der Waals surface area contributed by atoms with Gasteiger partial charge in [-0.25, -0.2) is 0 Å². The normalized spacial score (nSPS) is 26.8. The third-order valence-electron chi connectivity index (χ3n) is 5.63. The summed E-state index contributed by atoms with van der Waals surface area (Å²) in [7, 11) is 0. The van der Waals surface area contributed by atoms with E-state index >= 15 is 0 Å². The first-order valence-electron chi connectivity index (χ1n) is 9.21. The number of likely N-dealkylation sites (tertiary alicyclic amines) is 1. The number of carbonyl (C=O) groups excluding carboxylic acids is 1. The van der Waals surface area contributed by atoms with E-state index in [1.807, 2.05) is 35.2 Å². The Morgan fingerprint density at radius 1 is 1.08 bits per heavy atom. The van der Waals surface area contributed by atoms with Gasteiger partial charge in [0.25, 0.3) is 5.91 Å². The lowest BCUT2D eigenvalue weighted by Gasteiger charge is -2.37. The zero-order valence-corrected chi connectivity index (χ0v) is 14.3. The second-order valence-electron chi connectivity index (χ2n) is 7.11. The molecule has 2 heterocycles. The maximum Gasteiger partial charge on any atom is 0.276 e. The van der Waals surface area contributed by atoms with Crippen molar-refractivity contribution in [2.45, 2.75) is 50.7 Å². The van der Waals surface area contributed by atoms with E-state index in [2.05, 4.69) is 15.4 Å². The predicted octanol–water partition coefficient (Wildman–Crippen LogP) is 2.63. The molecule has 1 aromatic heterocycles. The molecule has 3 atom stereocenters. The molecule has 2 fully saturated rings. The topological polar surface area (TPSA) is 82.1 Å². The van der Waals surface area contributed by atoms with Crippen LogP contribution in [-0.4, -0.2) is 50.0 Å². The van der Waals surface area contributed by atoms with Crippen LogP contribution in [0.1, 0.15) is 49.0 Å². The van der Waals surface area contributed by atoms with Crippen molar-refractivity contribution in [3.63, 3.8) is 0 Å². The fourth-order valence-electron chi connectivity index (χ4n) is 4.39. The Kier molecular flexibility index (Phi) is 4.53. The Hall–Kier alpha value is -2.21. The first-order chi connectivity index (χ1) is 12.3. The number of amides is 1. The van der Waals surface area contributed by atoms with Crippen LogP contribution in [0.15, 0.2) is 30.3 Å². The molecule has 0 spiro atoms. The number of aromatic nitrogens is 3. The fraction of sp³-hybridized carbons (Fsp3) is 0.526. The smallest absolute Gasteiger partial charge is 0.276 e. The van der Waals surface area contributed by atoms with E-state index < -0.39 is 0 Å². The van der Waals surface area contributed by atoms with Gasteiger partial charge >= 0.3 is 0 Å². The Balaban J connectivity index is 1.60. The number of hydrogen-bond acceptors (Lipinski definition) is 4. The van der Waals surface area contributed by atoms with Crippen molar-refractivity contribution in [1.82, 2.24) is 20.3 Å². The fourth-order valence-corrected chi connectivity index (χ4v) is 4.39. The van der Waals surface area contributed by atoms with Crippen LogP contribution in [0.5, 0.6) is 0 Å². The van der Waals surface area contributed by atoms with Crippen LogP contribution in [0.2, 0.25) is 0 Å². The Morgan fingerprint density at radius 3 is 2.68 bits per heavy atom. The van der Waals surface area contributed by atoms with Crippen LogP contribution in [0, 0.1) is 5.92 Å². The van der Waals surface area contributed by atoms with E-state index in [4.69, 9.17) is 0 Å². The molecule has 1 aliphatic heterocycles. The second kappa shape index (κ2) is 6.96. The summed E-state index contributed by atoms with van der Waals surface area (Å²) in [6.45, 7) is 0.730. The van der Waals surface area contributed by atoms with Gasteiger partial charge in [0.2, 0.25) is 0 Å². The summed E-state index contributed by atoms with van der Waals surface area (Å²) in [5, 5.41) is 21.4. The summed E-state index contributed by atoms with van der Waals surface area (Å²) in [5.41, 5.74) is 1.86. The summed E-state index contributed by atoms with van der Waals surface area (Å²) in [6.07, 6.45) is 5.73. The van der Waals surface area contributed by atoms with Crippen molar-refractivity contribution in [2.24, 2.45) is 5.92 Å². The molecule has 6 nitrogen and oxygen atoms in total. The summed E-state index contributed by atoms with van der Waals surface area (Å²) in [6, 6.07) is 9.77. The van der Waals surface area contributed by atoms with E-state index in [1.165, 1.54) is 0 Å². The van der Waals surface area contributed by atoms with Gasteiger partial charge in [0.05, 0.1) is 6.10 Å². The van der Waals surface area contributed by atoms with E-state index in [1.54, 1.807) is 0 Å². The minimum atomic E-state index is -0.293. The number of nitrogens with one attached hydrogen (secondary N) is 1. The Bertz CT molecular complexity index is 730. The van der Waals surface area contributed by atoms with Crippen molar-refractivity contribution in [2.75, 3.05) is 6.54 Å². The van der Waals surface area contributed by atoms with Crippen LogP contribution < -0.4 is 0 Å². The van der Waals surface area contributed by atoms with Crippen LogP contribution in [-0.2, 0) is 0 Å². The Morgan fingerprint density at radius 2 is 1.88 bits per heavy atom. The van der Waals surface area contributed by atoms with Gasteiger partial charge in [-0.1, -0.05) is 43.2 Å². The predicted molar refractivity (Wildman–Crippen MR) is 93.8 cm³/mol. The number of aromatic amines is 1. The zero-order valence-electron chi connectivity index (χ0n) is 14.3. The molecule has 1 aliphatic carbocycles. The minimum absolute atomic E-state index is 0.0760. The van der Waals surface area contributed by atoms with Gasteiger partial charge in [0.15, 0.2) is 5.69 Å². The summed E-state index contributed by atoms with van der Waals surface area (Å²) in [5.74, 6) is 0.111. The lowest BCUT2D eigenvalue weighted by Crippen LogP contribution is -2.45. The third-order valence-corrected chi connectivity index (χ3v) is 5.63. The van der Waals surface area contributed by atoms with Crippen molar-refractivity contribution in [3.05, 3.63) is 36.0 Å². The largest absolute Gasteiger partial charge is 0.393 e. The number of rotatable bonds is 3. The summed E-state index contributed by atoms with van der Waals surface area (Å²) in [4.78, 5) is 15.1. The van der Waals surface area contributed by atoms with E-state index in [9.17, 15) is 9.90 Å². The molecular weight excluding hydrogens is 316 g/mol. The highest BCUT2D eigenvalue weighted by molar-refractivity contribution is 5.98. The van der Waals surface area contributed by atoms with E-state index in [0.29, 0.717) is 11.4 Å². The van der Waals surface area contributed by atoms with Gasteiger partial charge < -0.3 is 10.0 Å². The molecule has 132 valence electrons. The molecule has 4 rings (SSSR count). The third kappa shape index (κ3) is 3.06. The van der Waals surface area contributed by atoms with Crippen LogP contribution >= 0.6 is 0 Å². The molecule has 0 unspecified atom stereocenters. The Labute approximate surface area is 147 Å². The number of hydrogen-bond donors (Lipinski definition) is 2. The highest BCUT2D eigenvalue weighted by Crippen LogP contribution is 2.35. The molecule has 25 heavy (non-hydrogen) atoms. The lowest BCUT2D eigenvalue weighted by atomic mass is 9.80. The second-order valence-corrected chi connectivity index (χ2v) is 7.11. The number of H-pyrrole nitrogens is 1. The highest BCUT2D eigenvalue weighted by Gasteiger charge is 2.40. The molecule has 0 bridgehead atoms. The first kappa shape index (κ1) is 16.3. The molecule has 1 amide bonds. The molecule has 2 aromatic rings. The number of carbonyl (C=O) groups is 1. The van der Waals surface area contributed by atoms with Crippen LogP contribution in [0.25, 0.3) is 11.3 Å². The molecule has 6 heteroatoms. The van der Waals surface area contributed by atoms with Crippen LogP contribution in [0.4, 0.5) is 0 Å². The minimum Gasteiger partial charge on any atom is -0.393 e. The van der Waals surface area contributed by atoms with Gasteiger partial charge in [-0.3, -0.25) is 4.79 Å². The van der Waals surface area contributed by atoms with Crippen molar-refractivity contribution < 1.29 is 9.90 Å². The first-order valence-corrected chi connectivity index (χ1v) is 9.21. The molecular formula is C19H24N4O2. The molecule has 1 saturated carbocycles. The maximum absolute atomic E-state index is 13.2. The molecule has 0 radical (unpaired) electrons. The average Bonchev–Trinajstić information content (AvgIpc) is 3.32. The summed E-state index contributed by atoms with van der Waals surface area (Å²) >= 11 is 0. The number of aliphatic hydroxyl groups is 1. The maximum atomic E-state index is 13.2. The van der Waals surface area contributed by atoms with Gasteiger partial charge in [-0.05, 0) is 25.7 Å². The van der Waals surface area contributed by atoms with Gasteiger partial charge in [0, 0.05) is 24.1 Å².